The predicted octanol–water partition coefficient (Wildman–Crippen LogP) is 1.01. The van der Waals surface area contributed by atoms with Crippen LogP contribution in [0, 0.1) is 5.41 Å². The number of hydrogen-bond acceptors (Lipinski definition) is 3. The Bertz CT molecular complexity index is 250. The van der Waals surface area contributed by atoms with Gasteiger partial charge in [0.05, 0.1) is 13.2 Å². The first-order valence-corrected chi connectivity index (χ1v) is 5.70. The summed E-state index contributed by atoms with van der Waals surface area (Å²) in [5, 5.41) is 12.6. The van der Waals surface area contributed by atoms with Gasteiger partial charge in [0.1, 0.15) is 5.41 Å². The van der Waals surface area contributed by atoms with Crippen molar-refractivity contribution in [2.24, 2.45) is 5.41 Å². The number of rotatable bonds is 3. The number of carboxylic acid groups (broad SMARTS) is 1. The van der Waals surface area contributed by atoms with E-state index in [0.29, 0.717) is 19.3 Å². The summed E-state index contributed by atoms with van der Waals surface area (Å²) in [5.41, 5.74) is -0.747. The van der Waals surface area contributed by atoms with Crippen LogP contribution in [-0.2, 0) is 9.53 Å². The number of carboxylic acids is 1. The maximum Gasteiger partial charge on any atom is 0.313 e. The van der Waals surface area contributed by atoms with E-state index in [1.807, 2.05) is 0 Å². The Morgan fingerprint density at radius 3 is 2.73 bits per heavy atom. The third-order valence-corrected chi connectivity index (χ3v) is 3.74. The summed E-state index contributed by atoms with van der Waals surface area (Å²) in [4.78, 5) is 11.2. The minimum Gasteiger partial charge on any atom is -0.481 e. The van der Waals surface area contributed by atoms with Crippen LogP contribution in [0.5, 0.6) is 0 Å². The Morgan fingerprint density at radius 1 is 1.47 bits per heavy atom. The predicted molar refractivity (Wildman–Crippen MR) is 55.7 cm³/mol. The van der Waals surface area contributed by atoms with E-state index in [0.717, 1.165) is 0 Å². The molecule has 0 aromatic heterocycles. The molecule has 0 aromatic rings. The Kier molecular flexibility index (Phi) is 2.98. The molecule has 1 aliphatic carbocycles. The van der Waals surface area contributed by atoms with Gasteiger partial charge in [-0.2, -0.15) is 0 Å². The normalized spacial score (nSPS) is 37.3. The van der Waals surface area contributed by atoms with Crippen LogP contribution in [-0.4, -0.2) is 36.4 Å². The molecule has 1 heterocycles. The lowest BCUT2D eigenvalue weighted by molar-refractivity contribution is -0.148. The van der Waals surface area contributed by atoms with Crippen molar-refractivity contribution in [2.45, 2.75) is 44.7 Å². The topological polar surface area (TPSA) is 58.6 Å². The zero-order chi connectivity index (χ0) is 10.9. The smallest absolute Gasteiger partial charge is 0.313 e. The monoisotopic (exact) mass is 213 g/mol. The molecule has 0 amide bonds. The van der Waals surface area contributed by atoms with Crippen LogP contribution in [0.25, 0.3) is 0 Å². The van der Waals surface area contributed by atoms with Gasteiger partial charge in [-0.05, 0) is 19.8 Å². The molecule has 1 saturated carbocycles. The number of hydrogen-bond donors (Lipinski definition) is 2. The minimum atomic E-state index is -0.754. The van der Waals surface area contributed by atoms with E-state index in [2.05, 4.69) is 5.32 Å². The molecule has 2 fully saturated rings. The average Bonchev–Trinajstić information content (AvgIpc) is 2.78. The van der Waals surface area contributed by atoms with Crippen LogP contribution in [0.15, 0.2) is 0 Å². The molecule has 2 unspecified atom stereocenters. The van der Waals surface area contributed by atoms with Gasteiger partial charge in [-0.3, -0.25) is 4.79 Å². The largest absolute Gasteiger partial charge is 0.481 e. The standard InChI is InChI=1S/C11H19NO3/c1-11(10(13)14)7-15-6-9(11)12-8-4-2-3-5-8/h8-9,12H,2-7H2,1H3,(H,13,14). The zero-order valence-corrected chi connectivity index (χ0v) is 9.16. The van der Waals surface area contributed by atoms with Gasteiger partial charge in [0.15, 0.2) is 0 Å². The summed E-state index contributed by atoms with van der Waals surface area (Å²) in [5.74, 6) is -0.754. The highest BCUT2D eigenvalue weighted by Gasteiger charge is 2.47. The fraction of sp³-hybridized carbons (Fsp3) is 0.909. The van der Waals surface area contributed by atoms with Gasteiger partial charge in [0.2, 0.25) is 0 Å². The Morgan fingerprint density at radius 2 is 2.13 bits per heavy atom. The van der Waals surface area contributed by atoms with Gasteiger partial charge in [-0.1, -0.05) is 12.8 Å². The lowest BCUT2D eigenvalue weighted by Gasteiger charge is -2.28. The van der Waals surface area contributed by atoms with Crippen LogP contribution in [0.4, 0.5) is 0 Å². The van der Waals surface area contributed by atoms with Crippen molar-refractivity contribution in [1.82, 2.24) is 5.32 Å². The molecule has 2 aliphatic rings. The molecule has 1 aliphatic heterocycles. The minimum absolute atomic E-state index is 0.0295. The van der Waals surface area contributed by atoms with E-state index < -0.39 is 11.4 Å². The first-order valence-electron chi connectivity index (χ1n) is 5.70. The summed E-state index contributed by atoms with van der Waals surface area (Å²) in [6, 6.07) is 0.466. The zero-order valence-electron chi connectivity index (χ0n) is 9.16. The van der Waals surface area contributed by atoms with E-state index in [1.165, 1.54) is 25.7 Å². The molecule has 2 atom stereocenters. The maximum absolute atomic E-state index is 11.2. The maximum atomic E-state index is 11.2. The number of aliphatic carboxylic acids is 1. The average molecular weight is 213 g/mol. The van der Waals surface area contributed by atoms with Crippen molar-refractivity contribution >= 4 is 5.97 Å². The molecule has 0 radical (unpaired) electrons. The molecule has 4 nitrogen and oxygen atoms in total. The van der Waals surface area contributed by atoms with Crippen molar-refractivity contribution in [3.05, 3.63) is 0 Å². The van der Waals surface area contributed by atoms with E-state index in [-0.39, 0.29) is 6.04 Å². The van der Waals surface area contributed by atoms with Crippen molar-refractivity contribution in [2.75, 3.05) is 13.2 Å². The molecule has 4 heteroatoms. The summed E-state index contributed by atoms with van der Waals surface area (Å²) >= 11 is 0. The second kappa shape index (κ2) is 4.10. The van der Waals surface area contributed by atoms with Gasteiger partial charge in [0.25, 0.3) is 0 Å². The summed E-state index contributed by atoms with van der Waals surface area (Å²) in [7, 11) is 0. The van der Waals surface area contributed by atoms with Crippen LogP contribution in [0.2, 0.25) is 0 Å². The molecule has 2 N–H and O–H groups in total. The van der Waals surface area contributed by atoms with Crippen molar-refractivity contribution in [1.29, 1.82) is 0 Å². The highest BCUT2D eigenvalue weighted by Crippen LogP contribution is 2.30. The van der Waals surface area contributed by atoms with Crippen LogP contribution in [0.1, 0.15) is 32.6 Å². The highest BCUT2D eigenvalue weighted by molar-refractivity contribution is 5.75. The van der Waals surface area contributed by atoms with Gasteiger partial charge in [-0.25, -0.2) is 0 Å². The molecule has 0 bridgehead atoms. The van der Waals surface area contributed by atoms with Crippen molar-refractivity contribution in [3.63, 3.8) is 0 Å². The fourth-order valence-electron chi connectivity index (χ4n) is 2.49. The first kappa shape index (κ1) is 10.9. The second-order valence-electron chi connectivity index (χ2n) is 4.94. The lowest BCUT2D eigenvalue weighted by Crippen LogP contribution is -2.50. The van der Waals surface area contributed by atoms with Gasteiger partial charge < -0.3 is 15.2 Å². The Hall–Kier alpha value is -0.610. The Balaban J connectivity index is 1.98. The molecular weight excluding hydrogens is 194 g/mol. The van der Waals surface area contributed by atoms with Crippen molar-refractivity contribution < 1.29 is 14.6 Å². The summed E-state index contributed by atoms with van der Waals surface area (Å²) in [6.07, 6.45) is 4.86. The highest BCUT2D eigenvalue weighted by atomic mass is 16.5. The molecule has 0 aromatic carbocycles. The SMILES string of the molecule is CC1(C(=O)O)COCC1NC1CCCC1. The quantitative estimate of drug-likeness (QED) is 0.734. The summed E-state index contributed by atoms with van der Waals surface area (Å²) < 4.78 is 5.30. The first-order chi connectivity index (χ1) is 7.13. The van der Waals surface area contributed by atoms with Gasteiger partial charge in [0, 0.05) is 12.1 Å². The van der Waals surface area contributed by atoms with Crippen LogP contribution < -0.4 is 5.32 Å². The van der Waals surface area contributed by atoms with E-state index in [1.54, 1.807) is 6.92 Å². The second-order valence-corrected chi connectivity index (χ2v) is 4.94. The van der Waals surface area contributed by atoms with Crippen molar-refractivity contribution in [3.8, 4) is 0 Å². The third-order valence-electron chi connectivity index (χ3n) is 3.74. The van der Waals surface area contributed by atoms with Crippen LogP contribution >= 0.6 is 0 Å². The lowest BCUT2D eigenvalue weighted by atomic mass is 9.85. The van der Waals surface area contributed by atoms with Gasteiger partial charge in [-0.15, -0.1) is 0 Å². The molecular formula is C11H19NO3. The molecule has 0 spiro atoms. The molecule has 86 valence electrons. The number of carbonyl (C=O) groups is 1. The summed E-state index contributed by atoms with van der Waals surface area (Å²) in [6.45, 7) is 2.63. The van der Waals surface area contributed by atoms with Gasteiger partial charge >= 0.3 is 5.97 Å². The molecule has 15 heavy (non-hydrogen) atoms. The number of ether oxygens (including phenoxy) is 1. The van der Waals surface area contributed by atoms with Crippen LogP contribution in [0.3, 0.4) is 0 Å². The molecule has 1 saturated heterocycles. The fourth-order valence-corrected chi connectivity index (χ4v) is 2.49. The van der Waals surface area contributed by atoms with E-state index in [9.17, 15) is 9.90 Å². The molecule has 2 rings (SSSR count). The van der Waals surface area contributed by atoms with E-state index in [4.69, 9.17) is 4.74 Å². The van der Waals surface area contributed by atoms with E-state index >= 15 is 0 Å². The third kappa shape index (κ3) is 2.01. The Labute approximate surface area is 90.0 Å². The number of nitrogens with one attached hydrogen (secondary N) is 1.